The number of hydrogen-bond donors (Lipinski definition) is 2. The van der Waals surface area contributed by atoms with Gasteiger partial charge in [0.05, 0.1) is 0 Å². The van der Waals surface area contributed by atoms with Crippen molar-refractivity contribution >= 4 is 34.8 Å². The van der Waals surface area contributed by atoms with Crippen molar-refractivity contribution in [1.82, 2.24) is 0 Å². The van der Waals surface area contributed by atoms with E-state index in [1.54, 1.807) is 0 Å². The average Bonchev–Trinajstić information content (AvgIpc) is 1.31. The lowest BCUT2D eigenvalue weighted by molar-refractivity contribution is -0.0355. The fourth-order valence-electron chi connectivity index (χ4n) is 0. The molecule has 2 nitrogen and oxygen atoms in total. The lowest BCUT2D eigenvalue weighted by atomic mass is 11.2. The second-order valence-corrected chi connectivity index (χ2v) is 3.28. The van der Waals surface area contributed by atoms with E-state index in [1.807, 2.05) is 0 Å². The molecule has 0 bridgehead atoms. The predicted molar refractivity (Wildman–Crippen MR) is 28.5 cm³/mol. The van der Waals surface area contributed by atoms with Crippen LogP contribution in [0.2, 0.25) is 0 Å². The van der Waals surface area contributed by atoms with E-state index in [2.05, 4.69) is 0 Å². The van der Waals surface area contributed by atoms with E-state index in [4.69, 9.17) is 45.0 Å². The van der Waals surface area contributed by atoms with Crippen molar-refractivity contribution in [2.45, 2.75) is 10.1 Å². The molecule has 0 aromatic heterocycles. The van der Waals surface area contributed by atoms with E-state index in [1.165, 1.54) is 0 Å². The molecule has 0 heterocycles. The third kappa shape index (κ3) is 3.38. The maximum absolute atomic E-state index is 8.05. The summed E-state index contributed by atoms with van der Waals surface area (Å²) in [6.07, 6.45) is -1.91. The van der Waals surface area contributed by atoms with Crippen molar-refractivity contribution in [3.05, 3.63) is 0 Å². The van der Waals surface area contributed by atoms with Crippen molar-refractivity contribution in [1.29, 1.82) is 0 Å². The molecule has 0 fully saturated rings. The molecule has 0 spiro atoms. The zero-order valence-corrected chi connectivity index (χ0v) is 5.37. The number of aliphatic hydroxyl groups is 2. The second kappa shape index (κ2) is 2.37. The summed E-state index contributed by atoms with van der Waals surface area (Å²) in [7, 11) is 0. The molecule has 0 saturated carbocycles. The molecule has 0 aromatic carbocycles. The summed E-state index contributed by atoms with van der Waals surface area (Å²) in [5, 5.41) is 16.1. The summed E-state index contributed by atoms with van der Waals surface area (Å²) >= 11 is 14.7. The highest BCUT2D eigenvalue weighted by atomic mass is 35.6. The average molecular weight is 166 g/mol. The van der Waals surface area contributed by atoms with Gasteiger partial charge in [0.2, 0.25) is 3.79 Å². The normalized spacial score (nSPS) is 12.9. The number of halogens is 3. The van der Waals surface area contributed by atoms with Crippen molar-refractivity contribution in [2.75, 3.05) is 0 Å². The summed E-state index contributed by atoms with van der Waals surface area (Å²) in [5.74, 6) is 0. The van der Waals surface area contributed by atoms with Crippen LogP contribution >= 0.6 is 34.8 Å². The third-order valence-electron chi connectivity index (χ3n) is 0.293. The number of aliphatic hydroxyl groups excluding tert-OH is 1. The number of hydrogen-bond acceptors (Lipinski definition) is 2. The van der Waals surface area contributed by atoms with Gasteiger partial charge in [0.1, 0.15) is 0 Å². The standard InChI is InChI=1S/C2H3Cl3O2/c3-2(4,5)1(6)7/h1,6-7H/i1+1. The Kier molecular flexibility index (Phi) is 2.64. The maximum atomic E-state index is 8.05. The summed E-state index contributed by atoms with van der Waals surface area (Å²) < 4.78 is -1.97. The van der Waals surface area contributed by atoms with Gasteiger partial charge >= 0.3 is 0 Å². The molecule has 0 amide bonds. The minimum atomic E-state index is -1.97. The van der Waals surface area contributed by atoms with Crippen molar-refractivity contribution in [3.63, 3.8) is 0 Å². The van der Waals surface area contributed by atoms with Crippen LogP contribution in [0.25, 0.3) is 0 Å². The molecule has 7 heavy (non-hydrogen) atoms. The first kappa shape index (κ1) is 7.79. The molecule has 0 rings (SSSR count). The molecule has 0 unspecified atom stereocenters. The number of rotatable bonds is 0. The van der Waals surface area contributed by atoms with Crippen LogP contribution in [0, 0.1) is 0 Å². The van der Waals surface area contributed by atoms with Crippen LogP contribution in [0.4, 0.5) is 0 Å². The molecule has 0 aliphatic carbocycles. The van der Waals surface area contributed by atoms with Gasteiger partial charge in [0.25, 0.3) is 0 Å². The highest BCUT2D eigenvalue weighted by Crippen LogP contribution is 2.28. The van der Waals surface area contributed by atoms with Crippen LogP contribution < -0.4 is 0 Å². The van der Waals surface area contributed by atoms with Gasteiger partial charge in [-0.1, -0.05) is 34.8 Å². The van der Waals surface area contributed by atoms with E-state index in [9.17, 15) is 0 Å². The largest absolute Gasteiger partial charge is 0.365 e. The fourth-order valence-corrected chi connectivity index (χ4v) is 0. The van der Waals surface area contributed by atoms with Crippen LogP contribution in [0.1, 0.15) is 0 Å². The predicted octanol–water partition coefficient (Wildman–Crippen LogP) is 0.667. The Bertz CT molecular complexity index is 56.4. The molecular weight excluding hydrogens is 163 g/mol. The molecule has 44 valence electrons. The van der Waals surface area contributed by atoms with Crippen LogP contribution in [0.5, 0.6) is 0 Å². The van der Waals surface area contributed by atoms with Crippen LogP contribution in [0.15, 0.2) is 0 Å². The molecule has 0 aromatic rings. The Morgan fingerprint density at radius 3 is 1.29 bits per heavy atom. The lowest BCUT2D eigenvalue weighted by Gasteiger charge is -2.10. The van der Waals surface area contributed by atoms with E-state index >= 15 is 0 Å². The fraction of sp³-hybridized carbons (Fsp3) is 1.00. The van der Waals surface area contributed by atoms with Gasteiger partial charge in [-0.2, -0.15) is 0 Å². The molecular formula is C2H3Cl3O2. The number of alkyl halides is 3. The topological polar surface area (TPSA) is 40.5 Å². The lowest BCUT2D eigenvalue weighted by Crippen LogP contribution is -2.23. The van der Waals surface area contributed by atoms with Gasteiger partial charge < -0.3 is 10.2 Å². The van der Waals surface area contributed by atoms with Gasteiger partial charge in [-0.15, -0.1) is 0 Å². The zero-order valence-electron chi connectivity index (χ0n) is 3.11. The Morgan fingerprint density at radius 2 is 1.29 bits per heavy atom. The van der Waals surface area contributed by atoms with E-state index < -0.39 is 10.1 Å². The van der Waals surface area contributed by atoms with Gasteiger partial charge in [-0.05, 0) is 0 Å². The third-order valence-corrected chi connectivity index (χ3v) is 0.878. The van der Waals surface area contributed by atoms with Gasteiger partial charge in [-0.3, -0.25) is 0 Å². The van der Waals surface area contributed by atoms with Crippen molar-refractivity contribution in [2.24, 2.45) is 0 Å². The molecule has 0 aliphatic rings. The highest BCUT2D eigenvalue weighted by Gasteiger charge is 2.28. The minimum Gasteiger partial charge on any atom is -0.365 e. The first-order valence-corrected chi connectivity index (χ1v) is 2.51. The van der Waals surface area contributed by atoms with Gasteiger partial charge in [0.15, 0.2) is 6.29 Å². The molecule has 5 heteroatoms. The Hall–Kier alpha value is 0.790. The second-order valence-electron chi connectivity index (χ2n) is 0.915. The summed E-state index contributed by atoms with van der Waals surface area (Å²) in [6.45, 7) is 0. The van der Waals surface area contributed by atoms with Crippen molar-refractivity contribution in [3.8, 4) is 0 Å². The summed E-state index contributed by atoms with van der Waals surface area (Å²) in [5.41, 5.74) is 0. The van der Waals surface area contributed by atoms with Crippen LogP contribution in [-0.2, 0) is 0 Å². The Balaban J connectivity index is 3.54. The van der Waals surface area contributed by atoms with E-state index in [-0.39, 0.29) is 0 Å². The first-order chi connectivity index (χ1) is 2.94. The Labute approximate surface area is 55.6 Å². The quantitative estimate of drug-likeness (QED) is 0.315. The monoisotopic (exact) mass is 165 g/mol. The minimum absolute atomic E-state index is 1.91. The van der Waals surface area contributed by atoms with Crippen molar-refractivity contribution < 1.29 is 10.2 Å². The molecule has 0 atom stereocenters. The zero-order chi connectivity index (χ0) is 6.08. The van der Waals surface area contributed by atoms with Crippen LogP contribution in [-0.4, -0.2) is 20.3 Å². The SMILES string of the molecule is O[13CH](O)C(Cl)(Cl)Cl. The van der Waals surface area contributed by atoms with Gasteiger partial charge in [0, 0.05) is 0 Å². The molecule has 0 saturated heterocycles. The molecule has 0 radical (unpaired) electrons. The highest BCUT2D eigenvalue weighted by molar-refractivity contribution is 6.67. The first-order valence-electron chi connectivity index (χ1n) is 1.37. The van der Waals surface area contributed by atoms with Gasteiger partial charge in [-0.25, -0.2) is 0 Å². The van der Waals surface area contributed by atoms with Crippen LogP contribution in [0.3, 0.4) is 0 Å². The maximum Gasteiger partial charge on any atom is 0.240 e. The Morgan fingerprint density at radius 1 is 1.14 bits per heavy atom. The van der Waals surface area contributed by atoms with E-state index in [0.29, 0.717) is 0 Å². The summed E-state index contributed by atoms with van der Waals surface area (Å²) in [6, 6.07) is 0. The summed E-state index contributed by atoms with van der Waals surface area (Å²) in [4.78, 5) is 0. The molecule has 2 N–H and O–H groups in total. The van der Waals surface area contributed by atoms with E-state index in [0.717, 1.165) is 0 Å². The molecule has 0 aliphatic heterocycles. The smallest absolute Gasteiger partial charge is 0.240 e.